The Bertz CT molecular complexity index is 218. The number of epoxide rings is 1. The molecule has 0 saturated carbocycles. The summed E-state index contributed by atoms with van der Waals surface area (Å²) in [4.78, 5) is 5.15. The van der Waals surface area contributed by atoms with Crippen LogP contribution in [-0.2, 0) is 9.57 Å². The molecule has 0 aromatic carbocycles. The number of rotatable bonds is 2. The minimum Gasteiger partial charge on any atom is -0.389 e. The first-order chi connectivity index (χ1) is 5.27. The maximum absolute atomic E-state index is 5.15. The van der Waals surface area contributed by atoms with Crippen LogP contribution < -0.4 is 0 Å². The Hall–Kier alpha value is -0.830. The van der Waals surface area contributed by atoms with Gasteiger partial charge in [-0.2, -0.15) is 0 Å². The van der Waals surface area contributed by atoms with E-state index in [0.717, 1.165) is 24.3 Å². The average molecular weight is 153 g/mol. The van der Waals surface area contributed by atoms with Crippen LogP contribution in [0.15, 0.2) is 17.3 Å². The fourth-order valence-electron chi connectivity index (χ4n) is 1.12. The number of nitrogens with zero attached hydrogens (tertiary/aromatic N) is 1. The van der Waals surface area contributed by atoms with Crippen molar-refractivity contribution in [3.8, 4) is 0 Å². The normalized spacial score (nSPS) is 34.5. The lowest BCUT2D eigenvalue weighted by Gasteiger charge is -2.01. The Labute approximate surface area is 65.7 Å². The maximum Gasteiger partial charge on any atom is 0.161 e. The SMILES string of the molecule is C=C(C)C1=NO[C@H]([C@H]2CO2)C1. The molecule has 1 fully saturated rings. The number of oxime groups is 1. The number of hydrogen-bond donors (Lipinski definition) is 0. The summed E-state index contributed by atoms with van der Waals surface area (Å²) in [6.45, 7) is 6.57. The second-order valence-corrected chi connectivity index (χ2v) is 3.04. The van der Waals surface area contributed by atoms with E-state index in [1.807, 2.05) is 6.92 Å². The molecule has 3 nitrogen and oxygen atoms in total. The first kappa shape index (κ1) is 6.85. The fraction of sp³-hybridized carbons (Fsp3) is 0.625. The second-order valence-electron chi connectivity index (χ2n) is 3.04. The highest BCUT2D eigenvalue weighted by molar-refractivity contribution is 5.99. The number of hydrogen-bond acceptors (Lipinski definition) is 3. The van der Waals surface area contributed by atoms with Gasteiger partial charge in [0.05, 0.1) is 12.3 Å². The van der Waals surface area contributed by atoms with Crippen molar-refractivity contribution in [2.75, 3.05) is 6.61 Å². The van der Waals surface area contributed by atoms with Crippen LogP contribution in [0.3, 0.4) is 0 Å². The standard InChI is InChI=1S/C8H11NO2/c1-5(2)6-3-7(11-9-6)8-4-10-8/h7-8H,1,3-4H2,2H3/t7-,8+/m0/s1. The molecule has 60 valence electrons. The van der Waals surface area contributed by atoms with Crippen LogP contribution in [-0.4, -0.2) is 24.5 Å². The van der Waals surface area contributed by atoms with Gasteiger partial charge >= 0.3 is 0 Å². The largest absolute Gasteiger partial charge is 0.389 e. The third-order valence-corrected chi connectivity index (χ3v) is 1.96. The summed E-state index contributed by atoms with van der Waals surface area (Å²) in [5, 5.41) is 3.92. The van der Waals surface area contributed by atoms with Gasteiger partial charge in [0.2, 0.25) is 0 Å². The highest BCUT2D eigenvalue weighted by Crippen LogP contribution is 2.25. The van der Waals surface area contributed by atoms with E-state index in [2.05, 4.69) is 11.7 Å². The van der Waals surface area contributed by atoms with E-state index >= 15 is 0 Å². The fourth-order valence-corrected chi connectivity index (χ4v) is 1.12. The van der Waals surface area contributed by atoms with E-state index in [9.17, 15) is 0 Å². The molecular weight excluding hydrogens is 142 g/mol. The molecule has 2 atom stereocenters. The van der Waals surface area contributed by atoms with Gasteiger partial charge in [-0.05, 0) is 12.5 Å². The van der Waals surface area contributed by atoms with Crippen LogP contribution >= 0.6 is 0 Å². The summed E-state index contributed by atoms with van der Waals surface area (Å²) in [6.07, 6.45) is 1.30. The molecule has 3 heteroatoms. The van der Waals surface area contributed by atoms with Gasteiger partial charge in [0, 0.05) is 6.42 Å². The first-order valence-electron chi connectivity index (χ1n) is 3.77. The maximum atomic E-state index is 5.15. The van der Waals surface area contributed by atoms with Gasteiger partial charge in [0.25, 0.3) is 0 Å². The lowest BCUT2D eigenvalue weighted by atomic mass is 10.1. The van der Waals surface area contributed by atoms with Crippen molar-refractivity contribution in [2.45, 2.75) is 25.6 Å². The van der Waals surface area contributed by atoms with Crippen molar-refractivity contribution in [3.05, 3.63) is 12.2 Å². The van der Waals surface area contributed by atoms with Crippen LogP contribution in [0.25, 0.3) is 0 Å². The van der Waals surface area contributed by atoms with Gasteiger partial charge in [0.15, 0.2) is 6.10 Å². The molecule has 2 heterocycles. The molecule has 0 aromatic rings. The van der Waals surface area contributed by atoms with E-state index < -0.39 is 0 Å². The highest BCUT2D eigenvalue weighted by atomic mass is 16.7. The summed E-state index contributed by atoms with van der Waals surface area (Å²) in [6, 6.07) is 0. The minimum absolute atomic E-state index is 0.154. The highest BCUT2D eigenvalue weighted by Gasteiger charge is 2.38. The van der Waals surface area contributed by atoms with E-state index in [0.29, 0.717) is 0 Å². The topological polar surface area (TPSA) is 34.1 Å². The summed E-state index contributed by atoms with van der Waals surface area (Å²) in [5.41, 5.74) is 1.97. The van der Waals surface area contributed by atoms with Gasteiger partial charge in [0.1, 0.15) is 6.10 Å². The number of allylic oxidation sites excluding steroid dienone is 1. The zero-order valence-corrected chi connectivity index (χ0v) is 6.54. The van der Waals surface area contributed by atoms with Crippen molar-refractivity contribution in [1.82, 2.24) is 0 Å². The molecule has 0 amide bonds. The minimum atomic E-state index is 0.154. The van der Waals surface area contributed by atoms with E-state index in [1.165, 1.54) is 0 Å². The smallest absolute Gasteiger partial charge is 0.161 e. The molecule has 2 aliphatic heterocycles. The van der Waals surface area contributed by atoms with Crippen molar-refractivity contribution in [1.29, 1.82) is 0 Å². The molecule has 0 aliphatic carbocycles. The Kier molecular flexibility index (Phi) is 1.46. The quantitative estimate of drug-likeness (QED) is 0.557. The van der Waals surface area contributed by atoms with E-state index in [1.54, 1.807) is 0 Å². The van der Waals surface area contributed by atoms with Crippen LogP contribution in [0.4, 0.5) is 0 Å². The Morgan fingerprint density at radius 2 is 2.36 bits per heavy atom. The molecule has 0 N–H and O–H groups in total. The van der Waals surface area contributed by atoms with Crippen LogP contribution in [0, 0.1) is 0 Å². The lowest BCUT2D eigenvalue weighted by molar-refractivity contribution is 0.0627. The van der Waals surface area contributed by atoms with Gasteiger partial charge in [-0.25, -0.2) is 0 Å². The summed E-state index contributed by atoms with van der Waals surface area (Å²) < 4.78 is 5.09. The zero-order chi connectivity index (χ0) is 7.84. The lowest BCUT2D eigenvalue weighted by Crippen LogP contribution is -2.15. The molecule has 1 saturated heterocycles. The van der Waals surface area contributed by atoms with Crippen LogP contribution in [0.2, 0.25) is 0 Å². The van der Waals surface area contributed by atoms with Gasteiger partial charge in [-0.1, -0.05) is 11.7 Å². The molecule has 0 radical (unpaired) electrons. The molecule has 11 heavy (non-hydrogen) atoms. The third-order valence-electron chi connectivity index (χ3n) is 1.96. The molecule has 0 unspecified atom stereocenters. The summed E-state index contributed by atoms with van der Waals surface area (Å²) >= 11 is 0. The first-order valence-corrected chi connectivity index (χ1v) is 3.77. The Morgan fingerprint density at radius 3 is 2.82 bits per heavy atom. The average Bonchev–Trinajstić information content (AvgIpc) is 2.68. The summed E-state index contributed by atoms with van der Waals surface area (Å²) in [5.74, 6) is 0. The van der Waals surface area contributed by atoms with Crippen LogP contribution in [0.1, 0.15) is 13.3 Å². The monoisotopic (exact) mass is 153 g/mol. The number of ether oxygens (including phenoxy) is 1. The van der Waals surface area contributed by atoms with E-state index in [-0.39, 0.29) is 12.2 Å². The molecule has 2 rings (SSSR count). The second kappa shape index (κ2) is 2.34. The van der Waals surface area contributed by atoms with Gasteiger partial charge < -0.3 is 9.57 Å². The van der Waals surface area contributed by atoms with E-state index in [4.69, 9.17) is 9.57 Å². The van der Waals surface area contributed by atoms with Crippen molar-refractivity contribution in [3.63, 3.8) is 0 Å². The molecule has 2 aliphatic rings. The molecular formula is C8H11NO2. The van der Waals surface area contributed by atoms with Gasteiger partial charge in [-0.3, -0.25) is 0 Å². The van der Waals surface area contributed by atoms with Gasteiger partial charge in [-0.15, -0.1) is 0 Å². The molecule has 0 bridgehead atoms. The van der Waals surface area contributed by atoms with Crippen molar-refractivity contribution in [2.24, 2.45) is 5.16 Å². The van der Waals surface area contributed by atoms with Crippen molar-refractivity contribution < 1.29 is 9.57 Å². The van der Waals surface area contributed by atoms with Crippen LogP contribution in [0.5, 0.6) is 0 Å². The molecule has 0 spiro atoms. The summed E-state index contributed by atoms with van der Waals surface area (Å²) in [7, 11) is 0. The third kappa shape index (κ3) is 1.28. The Morgan fingerprint density at radius 1 is 1.64 bits per heavy atom. The Balaban J connectivity index is 1.93. The predicted octanol–water partition coefficient (Wildman–Crippen LogP) is 1.11. The molecule has 0 aromatic heterocycles. The predicted molar refractivity (Wildman–Crippen MR) is 41.5 cm³/mol. The zero-order valence-electron chi connectivity index (χ0n) is 6.54. The van der Waals surface area contributed by atoms with Crippen molar-refractivity contribution >= 4 is 5.71 Å².